The van der Waals surface area contributed by atoms with E-state index in [0.29, 0.717) is 28.7 Å². The highest BCUT2D eigenvalue weighted by Gasteiger charge is 2.53. The zero-order valence-electron chi connectivity index (χ0n) is 23.2. The van der Waals surface area contributed by atoms with Crippen molar-refractivity contribution in [2.45, 2.75) is 61.5 Å². The zero-order chi connectivity index (χ0) is 31.9. The van der Waals surface area contributed by atoms with Gasteiger partial charge in [-0.05, 0) is 18.4 Å². The van der Waals surface area contributed by atoms with Crippen molar-refractivity contribution in [2.24, 2.45) is 5.73 Å². The highest BCUT2D eigenvalue weighted by molar-refractivity contribution is 7.99. The van der Waals surface area contributed by atoms with Gasteiger partial charge in [-0.15, -0.1) is 11.8 Å². The fraction of sp³-hybridized carbons (Fsp3) is 0.481. The summed E-state index contributed by atoms with van der Waals surface area (Å²) < 4.78 is 23.0. The number of carboxylic acids is 2. The number of aryl methyl sites for hydroxylation is 1. The van der Waals surface area contributed by atoms with Crippen LogP contribution in [0.4, 0.5) is 0 Å². The third-order valence-electron chi connectivity index (χ3n) is 7.63. The maximum atomic E-state index is 12.8. The molecule has 1 aromatic carbocycles. The minimum atomic E-state index is -1.31. The van der Waals surface area contributed by atoms with Crippen LogP contribution in [-0.4, -0.2) is 94.2 Å². The number of ether oxygens (including phenoxy) is 3. The number of aliphatic carboxylic acids is 2. The number of carboxylic acid groups (broad SMARTS) is 2. The number of aliphatic hydroxyl groups is 1. The standard InChI is InChI=1S/C27H29N3O13S/c1-40-13-6-14-19(22-18(13)9-2-4-12(31)17(9)25(39)42-22)20-21(35)27(43-26(20)41-14)44-8-11(23(36)29-7-16(33)34)30-15(32)5-3-10(28)24(37)38/h6,10-11,20-21,26-27,35H,2-5,7-8,28H2,1H3,(H,29,36)(H,30,32)(H,33,34)(H,37,38)/t10-,11-,20?,21?,26?,27?/m0/s1. The van der Waals surface area contributed by atoms with Gasteiger partial charge in [0.05, 0.1) is 24.0 Å². The van der Waals surface area contributed by atoms with Gasteiger partial charge in [-0.3, -0.25) is 24.0 Å². The Labute approximate surface area is 252 Å². The molecule has 44 heavy (non-hydrogen) atoms. The summed E-state index contributed by atoms with van der Waals surface area (Å²) in [6.07, 6.45) is -2.31. The summed E-state index contributed by atoms with van der Waals surface area (Å²) in [6.45, 7) is -0.714. The lowest BCUT2D eigenvalue weighted by Crippen LogP contribution is -2.50. The van der Waals surface area contributed by atoms with Crippen molar-refractivity contribution in [1.82, 2.24) is 10.6 Å². The molecule has 1 saturated heterocycles. The average Bonchev–Trinajstić information content (AvgIpc) is 3.64. The smallest absolute Gasteiger partial charge is 0.347 e. The monoisotopic (exact) mass is 635 g/mol. The number of ketones is 1. The largest absolute Gasteiger partial charge is 0.496 e. The van der Waals surface area contributed by atoms with Gasteiger partial charge in [0.15, 0.2) is 5.78 Å². The van der Waals surface area contributed by atoms with Gasteiger partial charge in [-0.2, -0.15) is 0 Å². The SMILES string of the molecule is COc1cc2c(c3oc(=O)c4c(c13)CCC4=O)C1C(O2)OC(SC[C@H](NC(=O)CC[C@H](N)C(=O)O)C(=O)NCC(=O)O)C1O. The molecule has 4 unspecified atom stereocenters. The van der Waals surface area contributed by atoms with Crippen LogP contribution in [0.2, 0.25) is 0 Å². The molecule has 0 bridgehead atoms. The summed E-state index contributed by atoms with van der Waals surface area (Å²) in [5.41, 5.74) is 4.58. The fourth-order valence-electron chi connectivity index (χ4n) is 5.52. The van der Waals surface area contributed by atoms with Crippen LogP contribution in [0.15, 0.2) is 15.3 Å². The van der Waals surface area contributed by atoms with Crippen LogP contribution in [-0.2, 0) is 30.3 Å². The van der Waals surface area contributed by atoms with E-state index in [1.807, 2.05) is 0 Å². The van der Waals surface area contributed by atoms with Gasteiger partial charge >= 0.3 is 17.6 Å². The number of methoxy groups -OCH3 is 1. The number of amides is 2. The van der Waals surface area contributed by atoms with Gasteiger partial charge in [0.25, 0.3) is 0 Å². The summed E-state index contributed by atoms with van der Waals surface area (Å²) in [6, 6.07) is -0.993. The fourth-order valence-corrected chi connectivity index (χ4v) is 6.69. The average molecular weight is 636 g/mol. The first-order chi connectivity index (χ1) is 20.9. The summed E-state index contributed by atoms with van der Waals surface area (Å²) in [7, 11) is 1.42. The predicted molar refractivity (Wildman–Crippen MR) is 150 cm³/mol. The van der Waals surface area contributed by atoms with Crippen molar-refractivity contribution < 1.29 is 57.9 Å². The van der Waals surface area contributed by atoms with Gasteiger partial charge in [0, 0.05) is 24.7 Å². The number of nitrogens with one attached hydrogen (secondary N) is 2. The highest BCUT2D eigenvalue weighted by atomic mass is 32.2. The van der Waals surface area contributed by atoms with Crippen LogP contribution in [0.1, 0.15) is 46.7 Å². The molecule has 2 amide bonds. The molecule has 0 saturated carbocycles. The molecular formula is C27H29N3O13S. The second-order valence-electron chi connectivity index (χ2n) is 10.4. The van der Waals surface area contributed by atoms with E-state index in [2.05, 4.69) is 10.6 Å². The number of benzene rings is 1. The summed E-state index contributed by atoms with van der Waals surface area (Å²) in [5, 5.41) is 34.2. The molecule has 7 N–H and O–H groups in total. The molecule has 6 atom stereocenters. The first-order valence-corrected chi connectivity index (χ1v) is 14.6. The second-order valence-corrected chi connectivity index (χ2v) is 11.5. The van der Waals surface area contributed by atoms with Crippen LogP contribution in [0, 0.1) is 0 Å². The minimum Gasteiger partial charge on any atom is -0.496 e. The molecule has 0 spiro atoms. The third kappa shape index (κ3) is 5.82. The summed E-state index contributed by atoms with van der Waals surface area (Å²) >= 11 is 0.946. The quantitative estimate of drug-likeness (QED) is 0.154. The Kier molecular flexibility index (Phi) is 8.83. The van der Waals surface area contributed by atoms with Gasteiger partial charge in [0.1, 0.15) is 52.8 Å². The summed E-state index contributed by atoms with van der Waals surface area (Å²) in [5.74, 6) is -4.88. The lowest BCUT2D eigenvalue weighted by atomic mass is 9.92. The van der Waals surface area contributed by atoms with Gasteiger partial charge in [-0.1, -0.05) is 0 Å². The Morgan fingerprint density at radius 2 is 1.95 bits per heavy atom. The first-order valence-electron chi connectivity index (χ1n) is 13.5. The van der Waals surface area contributed by atoms with Gasteiger partial charge in [0.2, 0.25) is 18.1 Å². The number of nitrogens with two attached hydrogens (primary N) is 1. The molecule has 1 aromatic heterocycles. The molecule has 3 heterocycles. The van der Waals surface area contributed by atoms with Crippen LogP contribution in [0.25, 0.3) is 11.0 Å². The number of aliphatic hydroxyl groups excluding tert-OH is 1. The highest BCUT2D eigenvalue weighted by Crippen LogP contribution is 2.53. The van der Waals surface area contributed by atoms with Gasteiger partial charge < -0.3 is 50.3 Å². The van der Waals surface area contributed by atoms with Crippen LogP contribution >= 0.6 is 11.8 Å². The van der Waals surface area contributed by atoms with Crippen molar-refractivity contribution in [2.75, 3.05) is 19.4 Å². The van der Waals surface area contributed by atoms with Crippen molar-refractivity contribution in [3.63, 3.8) is 0 Å². The number of carbonyl (C=O) groups excluding carboxylic acids is 3. The van der Waals surface area contributed by atoms with E-state index in [1.54, 1.807) is 6.07 Å². The molecule has 5 rings (SSSR count). The Bertz CT molecular complexity index is 1610. The molecule has 0 radical (unpaired) electrons. The van der Waals surface area contributed by atoms with Crippen molar-refractivity contribution in [3.05, 3.63) is 33.2 Å². The number of hydrogen-bond acceptors (Lipinski definition) is 13. The lowest BCUT2D eigenvalue weighted by molar-refractivity contribution is -0.139. The third-order valence-corrected chi connectivity index (χ3v) is 8.87. The number of thioether (sulfide) groups is 1. The Morgan fingerprint density at radius 3 is 2.64 bits per heavy atom. The van der Waals surface area contributed by atoms with E-state index in [1.165, 1.54) is 7.11 Å². The van der Waals surface area contributed by atoms with Crippen LogP contribution in [0.5, 0.6) is 11.5 Å². The maximum absolute atomic E-state index is 12.8. The zero-order valence-corrected chi connectivity index (χ0v) is 24.0. The topological polar surface area (TPSA) is 254 Å². The van der Waals surface area contributed by atoms with Gasteiger partial charge in [-0.25, -0.2) is 4.79 Å². The molecule has 2 aromatic rings. The Balaban J connectivity index is 1.35. The molecule has 1 fully saturated rings. The Morgan fingerprint density at radius 1 is 1.20 bits per heavy atom. The molecule has 16 nitrogen and oxygen atoms in total. The molecule has 236 valence electrons. The van der Waals surface area contributed by atoms with Crippen LogP contribution in [0.3, 0.4) is 0 Å². The molecule has 1 aliphatic carbocycles. The first kappa shape index (κ1) is 31.2. The minimum absolute atomic E-state index is 0.0259. The summed E-state index contributed by atoms with van der Waals surface area (Å²) in [4.78, 5) is 72.2. The molecular weight excluding hydrogens is 606 g/mol. The molecule has 2 aliphatic heterocycles. The number of rotatable bonds is 12. The van der Waals surface area contributed by atoms with E-state index in [4.69, 9.17) is 34.6 Å². The molecule has 17 heteroatoms. The normalized spacial score (nSPS) is 22.8. The second kappa shape index (κ2) is 12.4. The predicted octanol–water partition coefficient (Wildman–Crippen LogP) is -0.939. The van der Waals surface area contributed by atoms with Crippen molar-refractivity contribution in [3.8, 4) is 11.5 Å². The van der Waals surface area contributed by atoms with E-state index < -0.39 is 71.8 Å². The Hall–Kier alpha value is -4.19. The van der Waals surface area contributed by atoms with Crippen molar-refractivity contribution >= 4 is 52.3 Å². The van der Waals surface area contributed by atoms with E-state index in [-0.39, 0.29) is 47.7 Å². The lowest BCUT2D eigenvalue weighted by Gasteiger charge is -2.22. The molecule has 3 aliphatic rings. The van der Waals surface area contributed by atoms with Crippen LogP contribution < -0.4 is 31.5 Å². The van der Waals surface area contributed by atoms with E-state index in [9.17, 15) is 33.9 Å². The number of fused-ring (bicyclic) bond motifs is 7. The number of Topliss-reactive ketones (excluding diaryl/α,β-unsaturated/α-hetero) is 1. The number of hydrogen-bond donors (Lipinski definition) is 6. The van der Waals surface area contributed by atoms with E-state index in [0.717, 1.165) is 11.8 Å². The van der Waals surface area contributed by atoms with E-state index >= 15 is 0 Å². The maximum Gasteiger partial charge on any atom is 0.347 e. The number of carbonyl (C=O) groups is 5. The van der Waals surface area contributed by atoms with Crippen molar-refractivity contribution in [1.29, 1.82) is 0 Å².